The van der Waals surface area contributed by atoms with E-state index in [1.807, 2.05) is 12.1 Å². The van der Waals surface area contributed by atoms with Gasteiger partial charge in [0.2, 0.25) is 0 Å². The predicted molar refractivity (Wildman–Crippen MR) is 77.1 cm³/mol. The van der Waals surface area contributed by atoms with E-state index in [1.165, 1.54) is 11.1 Å². The number of hydrogen-bond donors (Lipinski definition) is 1. The van der Waals surface area contributed by atoms with Gasteiger partial charge in [-0.25, -0.2) is 0 Å². The Balaban J connectivity index is 2.09. The Morgan fingerprint density at radius 2 is 1.42 bits per heavy atom. The van der Waals surface area contributed by atoms with Crippen molar-refractivity contribution in [2.75, 3.05) is 19.7 Å². The average Bonchev–Trinajstić information content (AvgIpc) is 2.76. The highest BCUT2D eigenvalue weighted by Gasteiger charge is 2.35. The molecule has 0 spiro atoms. The van der Waals surface area contributed by atoms with Crippen LogP contribution in [0.2, 0.25) is 0 Å². The first kappa shape index (κ1) is 12.4. The summed E-state index contributed by atoms with van der Waals surface area (Å²) < 4.78 is 6.30. The fourth-order valence-corrected chi connectivity index (χ4v) is 2.71. The molecule has 1 saturated heterocycles. The van der Waals surface area contributed by atoms with Crippen LogP contribution in [-0.4, -0.2) is 19.7 Å². The molecule has 0 aliphatic carbocycles. The molecule has 0 atom stereocenters. The van der Waals surface area contributed by atoms with Gasteiger partial charge in [-0.2, -0.15) is 0 Å². The summed E-state index contributed by atoms with van der Waals surface area (Å²) in [7, 11) is 0. The van der Waals surface area contributed by atoms with E-state index < -0.39 is 0 Å². The van der Waals surface area contributed by atoms with Gasteiger partial charge < -0.3 is 10.1 Å². The second-order valence-electron chi connectivity index (χ2n) is 4.94. The van der Waals surface area contributed by atoms with Crippen LogP contribution in [-0.2, 0) is 10.3 Å². The van der Waals surface area contributed by atoms with Gasteiger partial charge in [0.05, 0.1) is 0 Å². The number of nitrogens with one attached hydrogen (secondary N) is 1. The van der Waals surface area contributed by atoms with Crippen molar-refractivity contribution >= 4 is 0 Å². The summed E-state index contributed by atoms with van der Waals surface area (Å²) in [5.74, 6) is 0. The first-order valence-electron chi connectivity index (χ1n) is 6.87. The number of ether oxygens (including phenoxy) is 1. The molecule has 0 unspecified atom stereocenters. The third-order valence-electron chi connectivity index (χ3n) is 3.70. The molecule has 19 heavy (non-hydrogen) atoms. The van der Waals surface area contributed by atoms with Crippen LogP contribution < -0.4 is 5.32 Å². The first-order valence-corrected chi connectivity index (χ1v) is 6.87. The van der Waals surface area contributed by atoms with Crippen LogP contribution in [0.1, 0.15) is 17.5 Å². The van der Waals surface area contributed by atoms with Crippen LogP contribution in [0.15, 0.2) is 60.7 Å². The Hall–Kier alpha value is -1.64. The van der Waals surface area contributed by atoms with E-state index in [2.05, 4.69) is 53.8 Å². The zero-order chi connectivity index (χ0) is 13.0. The fourth-order valence-electron chi connectivity index (χ4n) is 2.71. The second-order valence-corrected chi connectivity index (χ2v) is 4.94. The molecule has 0 bridgehead atoms. The van der Waals surface area contributed by atoms with Crippen molar-refractivity contribution in [1.29, 1.82) is 0 Å². The van der Waals surface area contributed by atoms with Crippen LogP contribution in [0.3, 0.4) is 0 Å². The van der Waals surface area contributed by atoms with E-state index >= 15 is 0 Å². The average molecular weight is 253 g/mol. The standard InChI is InChI=1S/C17H19NO/c1-3-8-15(9-4-1)17(14-18-12-7-13-19-17)16-10-5-2-6-11-16/h1-6,8-11,18H,7,12-14H2. The van der Waals surface area contributed by atoms with Crippen LogP contribution in [0.5, 0.6) is 0 Å². The Labute approximate surface area is 114 Å². The Bertz CT molecular complexity index is 460. The fraction of sp³-hybridized carbons (Fsp3) is 0.294. The van der Waals surface area contributed by atoms with E-state index in [9.17, 15) is 0 Å². The largest absolute Gasteiger partial charge is 0.364 e. The predicted octanol–water partition coefficient (Wildman–Crippen LogP) is 2.94. The first-order chi connectivity index (χ1) is 9.42. The normalized spacial score (nSPS) is 18.7. The highest BCUT2D eigenvalue weighted by Crippen LogP contribution is 2.34. The minimum atomic E-state index is -0.362. The molecule has 1 fully saturated rings. The van der Waals surface area contributed by atoms with Crippen molar-refractivity contribution < 1.29 is 4.74 Å². The maximum absolute atomic E-state index is 6.30. The van der Waals surface area contributed by atoms with Gasteiger partial charge in [-0.05, 0) is 24.1 Å². The van der Waals surface area contributed by atoms with Crippen molar-refractivity contribution in [1.82, 2.24) is 5.32 Å². The lowest BCUT2D eigenvalue weighted by Gasteiger charge is -2.33. The van der Waals surface area contributed by atoms with Crippen LogP contribution >= 0.6 is 0 Å². The second kappa shape index (κ2) is 5.55. The van der Waals surface area contributed by atoms with Gasteiger partial charge in [0.15, 0.2) is 0 Å². The SMILES string of the molecule is c1ccc(C2(c3ccccc3)CNCCCO2)cc1. The van der Waals surface area contributed by atoms with Gasteiger partial charge in [0.1, 0.15) is 5.60 Å². The molecule has 2 aromatic carbocycles. The summed E-state index contributed by atoms with van der Waals surface area (Å²) in [6.45, 7) is 2.62. The molecule has 1 N–H and O–H groups in total. The minimum absolute atomic E-state index is 0.362. The van der Waals surface area contributed by atoms with Gasteiger partial charge >= 0.3 is 0 Å². The van der Waals surface area contributed by atoms with Gasteiger partial charge in [-0.15, -0.1) is 0 Å². The molecule has 0 amide bonds. The number of hydrogen-bond acceptors (Lipinski definition) is 2. The Kier molecular flexibility index (Phi) is 3.62. The van der Waals surface area contributed by atoms with E-state index in [1.54, 1.807) is 0 Å². The van der Waals surface area contributed by atoms with Gasteiger partial charge in [0, 0.05) is 13.2 Å². The number of rotatable bonds is 2. The van der Waals surface area contributed by atoms with E-state index in [4.69, 9.17) is 4.74 Å². The monoisotopic (exact) mass is 253 g/mol. The summed E-state index contributed by atoms with van der Waals surface area (Å²) in [5.41, 5.74) is 2.07. The molecular weight excluding hydrogens is 234 g/mol. The van der Waals surface area contributed by atoms with E-state index in [0.29, 0.717) is 0 Å². The van der Waals surface area contributed by atoms with Crippen molar-refractivity contribution in [3.05, 3.63) is 71.8 Å². The van der Waals surface area contributed by atoms with Gasteiger partial charge in [-0.1, -0.05) is 60.7 Å². The van der Waals surface area contributed by atoms with Crippen molar-refractivity contribution in [2.45, 2.75) is 12.0 Å². The molecule has 1 aliphatic rings. The third kappa shape index (κ3) is 2.42. The summed E-state index contributed by atoms with van der Waals surface area (Å²) in [5, 5.41) is 3.51. The molecule has 0 saturated carbocycles. The van der Waals surface area contributed by atoms with Crippen molar-refractivity contribution in [3.8, 4) is 0 Å². The lowest BCUT2D eigenvalue weighted by Crippen LogP contribution is -2.39. The summed E-state index contributed by atoms with van der Waals surface area (Å²) in [4.78, 5) is 0. The zero-order valence-electron chi connectivity index (χ0n) is 11.0. The van der Waals surface area contributed by atoms with E-state index in [-0.39, 0.29) is 5.60 Å². The molecular formula is C17H19NO. The molecule has 1 aliphatic heterocycles. The molecule has 2 aromatic rings. The lowest BCUT2D eigenvalue weighted by atomic mass is 9.86. The molecule has 1 heterocycles. The van der Waals surface area contributed by atoms with Crippen molar-refractivity contribution in [3.63, 3.8) is 0 Å². The third-order valence-corrected chi connectivity index (χ3v) is 3.70. The maximum Gasteiger partial charge on any atom is 0.130 e. The summed E-state index contributed by atoms with van der Waals surface area (Å²) in [6, 6.07) is 21.0. The van der Waals surface area contributed by atoms with Crippen molar-refractivity contribution in [2.24, 2.45) is 0 Å². The zero-order valence-corrected chi connectivity index (χ0v) is 11.0. The molecule has 2 nitrogen and oxygen atoms in total. The van der Waals surface area contributed by atoms with Gasteiger partial charge in [-0.3, -0.25) is 0 Å². The Morgan fingerprint density at radius 3 is 2.00 bits per heavy atom. The quantitative estimate of drug-likeness (QED) is 0.888. The molecule has 98 valence electrons. The maximum atomic E-state index is 6.30. The Morgan fingerprint density at radius 1 is 0.842 bits per heavy atom. The van der Waals surface area contributed by atoms with Crippen LogP contribution in [0.4, 0.5) is 0 Å². The highest BCUT2D eigenvalue weighted by atomic mass is 16.5. The summed E-state index contributed by atoms with van der Waals surface area (Å²) in [6.07, 6.45) is 1.06. The number of benzene rings is 2. The smallest absolute Gasteiger partial charge is 0.130 e. The molecule has 2 heteroatoms. The topological polar surface area (TPSA) is 21.3 Å². The summed E-state index contributed by atoms with van der Waals surface area (Å²) >= 11 is 0. The lowest BCUT2D eigenvalue weighted by molar-refractivity contribution is -0.00510. The molecule has 0 radical (unpaired) electrons. The van der Waals surface area contributed by atoms with Gasteiger partial charge in [0.25, 0.3) is 0 Å². The van der Waals surface area contributed by atoms with Crippen LogP contribution in [0, 0.1) is 0 Å². The molecule has 0 aromatic heterocycles. The van der Waals surface area contributed by atoms with Crippen LogP contribution in [0.25, 0.3) is 0 Å². The highest BCUT2D eigenvalue weighted by molar-refractivity contribution is 5.37. The molecule has 3 rings (SSSR count). The van der Waals surface area contributed by atoms with E-state index in [0.717, 1.165) is 26.1 Å². The minimum Gasteiger partial charge on any atom is -0.364 e.